The monoisotopic (exact) mass is 661 g/mol. The van der Waals surface area contributed by atoms with Crippen LogP contribution in [0.1, 0.15) is 75.7 Å². The van der Waals surface area contributed by atoms with Crippen LogP contribution in [0.5, 0.6) is 0 Å². The van der Waals surface area contributed by atoms with Crippen molar-refractivity contribution in [2.24, 2.45) is 27.9 Å². The van der Waals surface area contributed by atoms with Gasteiger partial charge in [0, 0.05) is 17.3 Å². The maximum absolute atomic E-state index is 6.49. The summed E-state index contributed by atoms with van der Waals surface area (Å²) in [5.41, 5.74) is 6.91. The first-order valence-electron chi connectivity index (χ1n) is 8.66. The van der Waals surface area contributed by atoms with Crippen molar-refractivity contribution < 1.29 is 0 Å². The Bertz CT molecular complexity index is 383. The summed E-state index contributed by atoms with van der Waals surface area (Å²) in [5, 5.41) is 0. The van der Waals surface area contributed by atoms with E-state index in [4.69, 9.17) is 5.73 Å². The van der Waals surface area contributed by atoms with Crippen molar-refractivity contribution in [3.8, 4) is 0 Å². The fraction of sp³-hybridized carbons (Fsp3) is 1.00. The Balaban J connectivity index is 5.73. The lowest BCUT2D eigenvalue weighted by molar-refractivity contribution is 0.0383. The van der Waals surface area contributed by atoms with Crippen LogP contribution in [0, 0.1) is 22.2 Å². The number of rotatable bonds is 8. The lowest BCUT2D eigenvalue weighted by Gasteiger charge is -2.56. The third kappa shape index (κ3) is 5.33. The number of hydrogen-bond acceptors (Lipinski definition) is 1. The molecule has 0 heterocycles. The van der Waals surface area contributed by atoms with Gasteiger partial charge in [-0.25, -0.2) is 0 Å². The lowest BCUT2D eigenvalue weighted by atomic mass is 9.56. The topological polar surface area (TPSA) is 26.0 Å². The van der Waals surface area contributed by atoms with Crippen molar-refractivity contribution >= 4 is 67.8 Å². The number of hydrogen-bond donors (Lipinski definition) is 1. The molecule has 1 nitrogen and oxygen atoms in total. The molecule has 0 aromatic rings. The maximum atomic E-state index is 6.49. The summed E-state index contributed by atoms with van der Waals surface area (Å²) in [6.07, 6.45) is 1.24. The first-order chi connectivity index (χ1) is 9.95. The van der Waals surface area contributed by atoms with Crippen molar-refractivity contribution in [1.29, 1.82) is 0 Å². The van der Waals surface area contributed by atoms with Gasteiger partial charge in [0.1, 0.15) is 0 Å². The normalized spacial score (nSPS) is 20.1. The van der Waals surface area contributed by atoms with Gasteiger partial charge in [-0.1, -0.05) is 123 Å². The van der Waals surface area contributed by atoms with Crippen LogP contribution in [0.4, 0.5) is 0 Å². The summed E-state index contributed by atoms with van der Waals surface area (Å²) < 4.78 is 1.70. The van der Waals surface area contributed by atoms with Gasteiger partial charge in [0.25, 0.3) is 0 Å². The van der Waals surface area contributed by atoms with Crippen molar-refractivity contribution in [3.05, 3.63) is 0 Å². The average Bonchev–Trinajstić information content (AvgIpc) is 2.42. The molecule has 23 heavy (non-hydrogen) atoms. The molecule has 0 aliphatic rings. The minimum absolute atomic E-state index is 0.141. The maximum Gasteiger partial charge on any atom is 0.0341 e. The molecule has 0 fully saturated rings. The van der Waals surface area contributed by atoms with Gasteiger partial charge in [-0.05, 0) is 42.4 Å². The standard InChI is InChI=1S/C19H38I3N/c1-11-13(20)12(2)16(3,4)14(21)17(5,6)18(7,8)15(22)19(9,10)23/h12-15H,11,23H2,1-10H3. The van der Waals surface area contributed by atoms with Gasteiger partial charge >= 0.3 is 0 Å². The Labute approximate surface area is 186 Å². The van der Waals surface area contributed by atoms with Gasteiger partial charge in [0.05, 0.1) is 0 Å². The molecule has 0 saturated carbocycles. The van der Waals surface area contributed by atoms with Crippen LogP contribution in [0.15, 0.2) is 0 Å². The zero-order valence-corrected chi connectivity index (χ0v) is 23.2. The van der Waals surface area contributed by atoms with Gasteiger partial charge in [-0.3, -0.25) is 0 Å². The van der Waals surface area contributed by atoms with E-state index in [1.807, 2.05) is 0 Å². The van der Waals surface area contributed by atoms with Crippen LogP contribution in [0.25, 0.3) is 0 Å². The highest BCUT2D eigenvalue weighted by Crippen LogP contribution is 2.57. The summed E-state index contributed by atoms with van der Waals surface area (Å²) in [6.45, 7) is 23.7. The Morgan fingerprint density at radius 1 is 0.783 bits per heavy atom. The summed E-state index contributed by atoms with van der Waals surface area (Å²) in [5.74, 6) is 0.684. The third-order valence-electron chi connectivity index (χ3n) is 6.34. The van der Waals surface area contributed by atoms with Crippen LogP contribution >= 0.6 is 67.8 Å². The molecule has 0 radical (unpaired) electrons. The molecule has 0 amide bonds. The largest absolute Gasteiger partial charge is 0.325 e. The second kappa shape index (κ2) is 8.44. The highest BCUT2D eigenvalue weighted by Gasteiger charge is 2.54. The molecule has 4 heteroatoms. The summed E-state index contributed by atoms with van der Waals surface area (Å²) in [4.78, 5) is 0. The van der Waals surface area contributed by atoms with Gasteiger partial charge in [-0.2, -0.15) is 0 Å². The minimum Gasteiger partial charge on any atom is -0.325 e. The Morgan fingerprint density at radius 2 is 1.13 bits per heavy atom. The molecule has 4 atom stereocenters. The van der Waals surface area contributed by atoms with E-state index in [0.717, 1.165) is 3.92 Å². The van der Waals surface area contributed by atoms with Gasteiger partial charge in [0.15, 0.2) is 0 Å². The molecule has 0 saturated heterocycles. The van der Waals surface area contributed by atoms with E-state index in [2.05, 4.69) is 137 Å². The Morgan fingerprint density at radius 3 is 1.43 bits per heavy atom. The van der Waals surface area contributed by atoms with E-state index >= 15 is 0 Å². The minimum atomic E-state index is -0.178. The molecule has 0 spiro atoms. The summed E-state index contributed by atoms with van der Waals surface area (Å²) in [7, 11) is 0. The molecule has 0 aromatic carbocycles. The fourth-order valence-corrected chi connectivity index (χ4v) is 6.66. The molecule has 140 valence electrons. The third-order valence-corrected chi connectivity index (χ3v) is 14.6. The van der Waals surface area contributed by atoms with Crippen LogP contribution in [0.2, 0.25) is 0 Å². The van der Waals surface area contributed by atoms with Gasteiger partial charge < -0.3 is 5.73 Å². The molecule has 4 unspecified atom stereocenters. The summed E-state index contributed by atoms with van der Waals surface area (Å²) >= 11 is 7.96. The van der Waals surface area contributed by atoms with Gasteiger partial charge in [0.2, 0.25) is 0 Å². The Hall–Kier alpha value is 2.15. The number of alkyl halides is 3. The number of halogens is 3. The first kappa shape index (κ1) is 25.1. The predicted octanol–water partition coefficient (Wildman–Crippen LogP) is 7.26. The zero-order valence-electron chi connectivity index (χ0n) is 16.7. The highest BCUT2D eigenvalue weighted by molar-refractivity contribution is 14.1. The second-order valence-corrected chi connectivity index (χ2v) is 13.6. The molecule has 0 bridgehead atoms. The Kier molecular flexibility index (Phi) is 9.23. The first-order valence-corrected chi connectivity index (χ1v) is 12.4. The van der Waals surface area contributed by atoms with Crippen molar-refractivity contribution in [3.63, 3.8) is 0 Å². The van der Waals surface area contributed by atoms with Crippen LogP contribution in [-0.4, -0.2) is 17.3 Å². The molecule has 2 N–H and O–H groups in total. The van der Waals surface area contributed by atoms with Crippen LogP contribution in [0.3, 0.4) is 0 Å². The van der Waals surface area contributed by atoms with E-state index in [1.54, 1.807) is 0 Å². The van der Waals surface area contributed by atoms with E-state index in [0.29, 0.717) is 13.8 Å². The average molecular weight is 661 g/mol. The van der Waals surface area contributed by atoms with E-state index in [1.165, 1.54) is 6.42 Å². The quantitative estimate of drug-likeness (QED) is 0.215. The lowest BCUT2D eigenvalue weighted by Crippen LogP contribution is -2.58. The van der Waals surface area contributed by atoms with Gasteiger partial charge in [-0.15, -0.1) is 0 Å². The van der Waals surface area contributed by atoms with E-state index in [-0.39, 0.29) is 21.8 Å². The molecule has 0 rings (SSSR count). The van der Waals surface area contributed by atoms with Crippen LogP contribution < -0.4 is 5.73 Å². The number of nitrogens with two attached hydrogens (primary N) is 1. The smallest absolute Gasteiger partial charge is 0.0341 e. The van der Waals surface area contributed by atoms with Crippen molar-refractivity contribution in [1.82, 2.24) is 0 Å². The van der Waals surface area contributed by atoms with E-state index in [9.17, 15) is 0 Å². The zero-order chi connectivity index (χ0) is 19.0. The second-order valence-electron chi connectivity index (χ2n) is 9.52. The molecule has 0 aliphatic carbocycles. The summed E-state index contributed by atoms with van der Waals surface area (Å²) in [6, 6.07) is 0. The van der Waals surface area contributed by atoms with Crippen LogP contribution in [-0.2, 0) is 0 Å². The SMILES string of the molecule is CCC(I)C(C)C(C)(C)C(I)C(C)(C)C(C)(C)C(I)C(C)(C)N. The molecular weight excluding hydrogens is 623 g/mol. The molecular formula is C19H38I3N. The highest BCUT2D eigenvalue weighted by atomic mass is 127. The van der Waals surface area contributed by atoms with E-state index < -0.39 is 0 Å². The fourth-order valence-electron chi connectivity index (χ4n) is 3.56. The van der Waals surface area contributed by atoms with Crippen molar-refractivity contribution in [2.75, 3.05) is 0 Å². The molecule has 0 aliphatic heterocycles. The van der Waals surface area contributed by atoms with Crippen molar-refractivity contribution in [2.45, 2.75) is 93.0 Å². The predicted molar refractivity (Wildman–Crippen MR) is 132 cm³/mol. The molecule has 0 aromatic heterocycles.